The van der Waals surface area contributed by atoms with Crippen molar-refractivity contribution in [2.75, 3.05) is 5.32 Å². The number of para-hydroxylation sites is 1. The lowest BCUT2D eigenvalue weighted by atomic mass is 10.0. The van der Waals surface area contributed by atoms with Gasteiger partial charge in [0.15, 0.2) is 5.43 Å². The van der Waals surface area contributed by atoms with E-state index in [4.69, 9.17) is 0 Å². The summed E-state index contributed by atoms with van der Waals surface area (Å²) in [6.45, 7) is 9.13. The summed E-state index contributed by atoms with van der Waals surface area (Å²) in [4.78, 5) is 25.5. The van der Waals surface area contributed by atoms with Crippen LogP contribution in [0.1, 0.15) is 55.4 Å². The van der Waals surface area contributed by atoms with Crippen molar-refractivity contribution in [2.24, 2.45) is 5.92 Å². The topological polar surface area (TPSA) is 51.1 Å². The maximum atomic E-state index is 12.9. The highest BCUT2D eigenvalue weighted by molar-refractivity contribution is 6.05. The van der Waals surface area contributed by atoms with Crippen molar-refractivity contribution in [1.82, 2.24) is 4.57 Å². The summed E-state index contributed by atoms with van der Waals surface area (Å²) in [6, 6.07) is 10.8. The second-order valence-electron chi connectivity index (χ2n) is 6.89. The molecule has 0 radical (unpaired) electrons. The molecule has 0 saturated carbocycles. The van der Waals surface area contributed by atoms with E-state index in [1.165, 1.54) is 0 Å². The first-order chi connectivity index (χ1) is 11.9. The van der Waals surface area contributed by atoms with Gasteiger partial charge in [0.1, 0.15) is 5.56 Å². The second kappa shape index (κ2) is 8.65. The third-order valence-corrected chi connectivity index (χ3v) is 4.22. The van der Waals surface area contributed by atoms with Crippen LogP contribution in [0.25, 0.3) is 0 Å². The molecule has 0 aliphatic carbocycles. The van der Waals surface area contributed by atoms with Crippen LogP contribution in [-0.4, -0.2) is 10.5 Å². The molecule has 1 aromatic carbocycles. The quantitative estimate of drug-likeness (QED) is 0.812. The Labute approximate surface area is 149 Å². The molecular formula is C21H28N2O2. The van der Waals surface area contributed by atoms with E-state index in [0.29, 0.717) is 18.0 Å². The number of aromatic nitrogens is 1. The Morgan fingerprint density at radius 2 is 1.88 bits per heavy atom. The van der Waals surface area contributed by atoms with Crippen LogP contribution in [-0.2, 0) is 13.0 Å². The summed E-state index contributed by atoms with van der Waals surface area (Å²) in [7, 11) is 0. The Kier molecular flexibility index (Phi) is 6.57. The average Bonchev–Trinajstić information content (AvgIpc) is 2.54. The first-order valence-corrected chi connectivity index (χ1v) is 9.03. The van der Waals surface area contributed by atoms with Gasteiger partial charge >= 0.3 is 0 Å². The van der Waals surface area contributed by atoms with Crippen LogP contribution in [0.5, 0.6) is 0 Å². The number of carbonyl (C=O) groups is 1. The van der Waals surface area contributed by atoms with Gasteiger partial charge in [0.05, 0.1) is 0 Å². The third kappa shape index (κ3) is 4.81. The Morgan fingerprint density at radius 3 is 2.48 bits per heavy atom. The number of unbranched alkanes of at least 4 members (excludes halogenated alkanes) is 1. The fourth-order valence-electron chi connectivity index (χ4n) is 3.01. The van der Waals surface area contributed by atoms with Crippen LogP contribution in [0.15, 0.2) is 41.2 Å². The Morgan fingerprint density at radius 1 is 1.20 bits per heavy atom. The number of aryl methyl sites for hydroxylation is 1. The van der Waals surface area contributed by atoms with E-state index in [1.54, 1.807) is 6.07 Å². The van der Waals surface area contributed by atoms with E-state index < -0.39 is 0 Å². The average molecular weight is 340 g/mol. The number of hydrogen-bond acceptors (Lipinski definition) is 2. The van der Waals surface area contributed by atoms with Crippen LogP contribution < -0.4 is 10.7 Å². The van der Waals surface area contributed by atoms with Gasteiger partial charge < -0.3 is 9.88 Å². The lowest BCUT2D eigenvalue weighted by Crippen LogP contribution is -2.29. The van der Waals surface area contributed by atoms with Crippen molar-refractivity contribution >= 4 is 11.6 Å². The summed E-state index contributed by atoms with van der Waals surface area (Å²) >= 11 is 0. The molecule has 0 aliphatic rings. The fraction of sp³-hybridized carbons (Fsp3) is 0.429. The molecule has 1 aromatic heterocycles. The maximum absolute atomic E-state index is 12.9. The minimum absolute atomic E-state index is 0.200. The lowest BCUT2D eigenvalue weighted by Gasteiger charge is -2.21. The molecule has 0 unspecified atom stereocenters. The molecule has 2 rings (SSSR count). The van der Waals surface area contributed by atoms with Gasteiger partial charge in [0.25, 0.3) is 5.91 Å². The molecule has 0 spiro atoms. The molecule has 0 fully saturated rings. The number of carbonyl (C=O) groups excluding carboxylic acids is 1. The van der Waals surface area contributed by atoms with Gasteiger partial charge in [0, 0.05) is 29.7 Å². The molecular weight excluding hydrogens is 312 g/mol. The second-order valence-corrected chi connectivity index (χ2v) is 6.89. The molecule has 4 nitrogen and oxygen atoms in total. The molecule has 0 atom stereocenters. The smallest absolute Gasteiger partial charge is 0.261 e. The Balaban J connectivity index is 2.50. The van der Waals surface area contributed by atoms with E-state index >= 15 is 0 Å². The standard InChI is InChI=1S/C21H28N2O2/c1-5-6-12-23-16(4)14-19(24)20(18(23)13-15(2)3)21(25)22-17-10-8-7-9-11-17/h7-11,14-15H,5-6,12-13H2,1-4H3,(H,22,25). The van der Waals surface area contributed by atoms with Crippen molar-refractivity contribution in [3.05, 3.63) is 63.6 Å². The summed E-state index contributed by atoms with van der Waals surface area (Å²) in [5, 5.41) is 2.86. The molecule has 134 valence electrons. The van der Waals surface area contributed by atoms with Gasteiger partial charge in [0.2, 0.25) is 0 Å². The first kappa shape index (κ1) is 19.0. The van der Waals surface area contributed by atoms with Crippen LogP contribution in [0.2, 0.25) is 0 Å². The number of hydrogen-bond donors (Lipinski definition) is 1. The highest BCUT2D eigenvalue weighted by Gasteiger charge is 2.21. The molecule has 0 saturated heterocycles. The molecule has 1 amide bonds. The van der Waals surface area contributed by atoms with Crippen LogP contribution >= 0.6 is 0 Å². The third-order valence-electron chi connectivity index (χ3n) is 4.22. The number of anilines is 1. The number of amides is 1. The SMILES string of the molecule is CCCCn1c(C)cc(=O)c(C(=O)Nc2ccccc2)c1CC(C)C. The van der Waals surface area contributed by atoms with Gasteiger partial charge in [-0.1, -0.05) is 45.4 Å². The molecule has 1 N–H and O–H groups in total. The van der Waals surface area contributed by atoms with Crippen LogP contribution in [0.4, 0.5) is 5.69 Å². The summed E-state index contributed by atoms with van der Waals surface area (Å²) in [5.74, 6) is 0.0365. The van der Waals surface area contributed by atoms with E-state index in [0.717, 1.165) is 30.8 Å². The normalized spacial score (nSPS) is 10.9. The highest BCUT2D eigenvalue weighted by atomic mass is 16.2. The summed E-state index contributed by atoms with van der Waals surface area (Å²) in [5.41, 5.74) is 2.55. The molecule has 25 heavy (non-hydrogen) atoms. The number of pyridine rings is 1. The Hall–Kier alpha value is -2.36. The predicted octanol–water partition coefficient (Wildman–Crippen LogP) is 4.41. The van der Waals surface area contributed by atoms with Gasteiger partial charge in [-0.05, 0) is 37.8 Å². The zero-order valence-corrected chi connectivity index (χ0v) is 15.6. The first-order valence-electron chi connectivity index (χ1n) is 9.03. The zero-order chi connectivity index (χ0) is 18.4. The maximum Gasteiger partial charge on any atom is 0.261 e. The van der Waals surface area contributed by atoms with Crippen molar-refractivity contribution < 1.29 is 4.79 Å². The number of nitrogens with zero attached hydrogens (tertiary/aromatic N) is 1. The minimum Gasteiger partial charge on any atom is -0.348 e. The molecule has 2 aromatic rings. The van der Waals surface area contributed by atoms with Crippen molar-refractivity contribution in [3.63, 3.8) is 0 Å². The van der Waals surface area contributed by atoms with Gasteiger partial charge in [-0.3, -0.25) is 9.59 Å². The number of benzene rings is 1. The molecule has 0 bridgehead atoms. The summed E-state index contributed by atoms with van der Waals surface area (Å²) in [6.07, 6.45) is 2.80. The molecule has 0 aliphatic heterocycles. The predicted molar refractivity (Wildman–Crippen MR) is 103 cm³/mol. The fourth-order valence-corrected chi connectivity index (χ4v) is 3.01. The van der Waals surface area contributed by atoms with Gasteiger partial charge in [-0.15, -0.1) is 0 Å². The molecule has 4 heteroatoms. The van der Waals surface area contributed by atoms with Crippen molar-refractivity contribution in [2.45, 2.75) is 53.5 Å². The minimum atomic E-state index is -0.322. The highest BCUT2D eigenvalue weighted by Crippen LogP contribution is 2.17. The van der Waals surface area contributed by atoms with Gasteiger partial charge in [-0.25, -0.2) is 0 Å². The Bertz CT molecular complexity index is 776. The van der Waals surface area contributed by atoms with Gasteiger partial charge in [-0.2, -0.15) is 0 Å². The van der Waals surface area contributed by atoms with E-state index in [2.05, 4.69) is 30.7 Å². The zero-order valence-electron chi connectivity index (χ0n) is 15.6. The number of rotatable bonds is 7. The monoisotopic (exact) mass is 340 g/mol. The number of nitrogens with one attached hydrogen (secondary N) is 1. The van der Waals surface area contributed by atoms with E-state index in [-0.39, 0.29) is 16.9 Å². The summed E-state index contributed by atoms with van der Waals surface area (Å²) < 4.78 is 2.14. The van der Waals surface area contributed by atoms with Crippen molar-refractivity contribution in [1.29, 1.82) is 0 Å². The van der Waals surface area contributed by atoms with E-state index in [1.807, 2.05) is 37.3 Å². The molecule has 1 heterocycles. The van der Waals surface area contributed by atoms with Crippen LogP contribution in [0.3, 0.4) is 0 Å². The van der Waals surface area contributed by atoms with E-state index in [9.17, 15) is 9.59 Å². The lowest BCUT2D eigenvalue weighted by molar-refractivity contribution is 0.102. The van der Waals surface area contributed by atoms with Crippen molar-refractivity contribution in [3.8, 4) is 0 Å². The van der Waals surface area contributed by atoms with Crippen LogP contribution in [0, 0.1) is 12.8 Å². The largest absolute Gasteiger partial charge is 0.348 e.